The Labute approximate surface area is 182 Å². The van der Waals surface area contributed by atoms with E-state index in [1.54, 1.807) is 0 Å². The fourth-order valence-corrected chi connectivity index (χ4v) is 4.15. The monoisotopic (exact) mass is 447 g/mol. The summed E-state index contributed by atoms with van der Waals surface area (Å²) < 4.78 is 34.5. The molecular weight excluding hydrogens is 424 g/mol. The number of ether oxygens (including phenoxy) is 1. The van der Waals surface area contributed by atoms with Gasteiger partial charge in [0.05, 0.1) is 18.7 Å². The van der Waals surface area contributed by atoms with Crippen molar-refractivity contribution in [1.82, 2.24) is 14.8 Å². The van der Waals surface area contributed by atoms with Crippen LogP contribution in [0.15, 0.2) is 29.2 Å². The van der Waals surface area contributed by atoms with Crippen LogP contribution in [0.25, 0.3) is 0 Å². The molecule has 1 aromatic heterocycles. The molecule has 3 heterocycles. The van der Waals surface area contributed by atoms with Crippen molar-refractivity contribution in [3.8, 4) is 5.75 Å². The Morgan fingerprint density at radius 1 is 1.34 bits per heavy atom. The van der Waals surface area contributed by atoms with Gasteiger partial charge in [-0.05, 0) is 25.8 Å². The molecule has 1 saturated heterocycles. The maximum Gasteiger partial charge on any atom is 0.276 e. The summed E-state index contributed by atoms with van der Waals surface area (Å²) in [6.07, 6.45) is 2.06. The van der Waals surface area contributed by atoms with Crippen molar-refractivity contribution < 1.29 is 28.2 Å². The first-order valence-corrected chi connectivity index (χ1v) is 10.4. The van der Waals surface area contributed by atoms with Gasteiger partial charge >= 0.3 is 0 Å². The molecule has 0 radical (unpaired) electrons. The molecular formula is C22H23F2N3O5. The van der Waals surface area contributed by atoms with Crippen LogP contribution in [0.2, 0.25) is 0 Å². The molecule has 32 heavy (non-hydrogen) atoms. The number of halogens is 2. The summed E-state index contributed by atoms with van der Waals surface area (Å²) in [7, 11) is 0. The van der Waals surface area contributed by atoms with E-state index >= 15 is 0 Å². The lowest BCUT2D eigenvalue weighted by Crippen LogP contribution is -2.55. The maximum atomic E-state index is 14.0. The van der Waals surface area contributed by atoms with E-state index in [2.05, 4.69) is 5.32 Å². The number of aromatic hydroxyl groups is 1. The van der Waals surface area contributed by atoms with Gasteiger partial charge in [0, 0.05) is 24.4 Å². The normalized spacial score (nSPS) is 21.0. The predicted octanol–water partition coefficient (Wildman–Crippen LogP) is 2.30. The molecule has 2 N–H and O–H groups in total. The van der Waals surface area contributed by atoms with Gasteiger partial charge in [0.2, 0.25) is 5.43 Å². The van der Waals surface area contributed by atoms with Gasteiger partial charge in [0.15, 0.2) is 17.7 Å². The second-order valence-corrected chi connectivity index (χ2v) is 7.99. The largest absolute Gasteiger partial charge is 0.503 e. The first-order valence-electron chi connectivity index (χ1n) is 10.4. The minimum Gasteiger partial charge on any atom is -0.503 e. The van der Waals surface area contributed by atoms with Gasteiger partial charge in [-0.2, -0.15) is 0 Å². The number of carbonyl (C=O) groups excluding carboxylic acids is 2. The van der Waals surface area contributed by atoms with E-state index in [4.69, 9.17) is 4.74 Å². The van der Waals surface area contributed by atoms with Crippen LogP contribution in [0.1, 0.15) is 59.1 Å². The third-order valence-corrected chi connectivity index (χ3v) is 5.94. The Balaban J connectivity index is 1.64. The van der Waals surface area contributed by atoms with E-state index in [-0.39, 0.29) is 23.9 Å². The zero-order valence-electron chi connectivity index (χ0n) is 17.6. The number of amides is 2. The van der Waals surface area contributed by atoms with Crippen LogP contribution < -0.4 is 10.7 Å². The molecule has 10 heteroatoms. The van der Waals surface area contributed by atoms with Crippen molar-refractivity contribution in [2.45, 2.75) is 51.6 Å². The van der Waals surface area contributed by atoms with E-state index in [9.17, 15) is 28.3 Å². The third-order valence-electron chi connectivity index (χ3n) is 5.94. The highest BCUT2D eigenvalue weighted by atomic mass is 19.1. The van der Waals surface area contributed by atoms with Gasteiger partial charge in [0.25, 0.3) is 11.8 Å². The van der Waals surface area contributed by atoms with Crippen LogP contribution in [0.4, 0.5) is 8.78 Å². The van der Waals surface area contributed by atoms with Gasteiger partial charge in [-0.3, -0.25) is 14.4 Å². The summed E-state index contributed by atoms with van der Waals surface area (Å²) in [5.41, 5.74) is -1.56. The molecule has 0 saturated carbocycles. The molecule has 2 aliphatic rings. The second kappa shape index (κ2) is 8.34. The van der Waals surface area contributed by atoms with Crippen LogP contribution >= 0.6 is 0 Å². The zero-order valence-corrected chi connectivity index (χ0v) is 17.6. The smallest absolute Gasteiger partial charge is 0.276 e. The lowest BCUT2D eigenvalue weighted by atomic mass is 10.1. The highest BCUT2D eigenvalue weighted by Gasteiger charge is 2.40. The molecule has 3 unspecified atom stereocenters. The fraction of sp³-hybridized carbons (Fsp3) is 0.409. The molecule has 1 aromatic carbocycles. The highest BCUT2D eigenvalue weighted by Crippen LogP contribution is 2.29. The Morgan fingerprint density at radius 3 is 2.78 bits per heavy atom. The number of pyridine rings is 1. The molecule has 2 amide bonds. The fourth-order valence-electron chi connectivity index (χ4n) is 4.15. The van der Waals surface area contributed by atoms with Crippen LogP contribution in [-0.4, -0.2) is 45.3 Å². The summed E-state index contributed by atoms with van der Waals surface area (Å²) in [5, 5.41) is 12.9. The molecule has 170 valence electrons. The molecule has 4 rings (SSSR count). The molecule has 0 aliphatic carbocycles. The van der Waals surface area contributed by atoms with Crippen molar-refractivity contribution in [3.05, 3.63) is 63.1 Å². The van der Waals surface area contributed by atoms with E-state index in [1.807, 2.05) is 6.92 Å². The van der Waals surface area contributed by atoms with Crippen molar-refractivity contribution in [3.63, 3.8) is 0 Å². The van der Waals surface area contributed by atoms with Crippen molar-refractivity contribution >= 4 is 11.8 Å². The Hall–Kier alpha value is -3.27. The summed E-state index contributed by atoms with van der Waals surface area (Å²) in [4.78, 5) is 39.8. The lowest BCUT2D eigenvalue weighted by molar-refractivity contribution is -0.134. The van der Waals surface area contributed by atoms with Gasteiger partial charge in [-0.15, -0.1) is 0 Å². The summed E-state index contributed by atoms with van der Waals surface area (Å²) in [6.45, 7) is 4.05. The molecule has 3 atom stereocenters. The van der Waals surface area contributed by atoms with Crippen LogP contribution in [0, 0.1) is 11.6 Å². The number of nitrogens with one attached hydrogen (secondary N) is 1. The average molecular weight is 447 g/mol. The summed E-state index contributed by atoms with van der Waals surface area (Å²) in [6, 6.07) is 2.08. The highest BCUT2D eigenvalue weighted by molar-refractivity contribution is 5.99. The summed E-state index contributed by atoms with van der Waals surface area (Å²) >= 11 is 0. The van der Waals surface area contributed by atoms with Crippen LogP contribution in [0.3, 0.4) is 0 Å². The maximum absolute atomic E-state index is 14.0. The molecule has 8 nitrogen and oxygen atoms in total. The number of hydrogen-bond acceptors (Lipinski definition) is 5. The number of rotatable bonds is 4. The number of aromatic nitrogens is 1. The molecule has 0 bridgehead atoms. The van der Waals surface area contributed by atoms with Gasteiger partial charge in [-0.25, -0.2) is 8.78 Å². The zero-order chi connectivity index (χ0) is 23.2. The number of hydrogen-bond donors (Lipinski definition) is 2. The minimum atomic E-state index is -1.00. The Bertz CT molecular complexity index is 1150. The third kappa shape index (κ3) is 3.75. The van der Waals surface area contributed by atoms with Crippen LogP contribution in [-0.2, 0) is 11.3 Å². The Morgan fingerprint density at radius 2 is 2.09 bits per heavy atom. The first kappa shape index (κ1) is 21.9. The Kier molecular flexibility index (Phi) is 5.72. The number of carbonyl (C=O) groups is 2. The molecule has 1 fully saturated rings. The predicted molar refractivity (Wildman–Crippen MR) is 109 cm³/mol. The number of benzene rings is 1. The van der Waals surface area contributed by atoms with Crippen LogP contribution in [0.5, 0.6) is 5.75 Å². The molecule has 2 aromatic rings. The average Bonchev–Trinajstić information content (AvgIpc) is 2.75. The van der Waals surface area contributed by atoms with Crippen molar-refractivity contribution in [2.75, 3.05) is 6.54 Å². The van der Waals surface area contributed by atoms with Crippen molar-refractivity contribution in [2.24, 2.45) is 0 Å². The van der Waals surface area contributed by atoms with Gasteiger partial charge < -0.3 is 24.6 Å². The van der Waals surface area contributed by atoms with Gasteiger partial charge in [-0.1, -0.05) is 13.0 Å². The number of fused-ring (bicyclic) bond motifs is 2. The van der Waals surface area contributed by atoms with E-state index in [0.29, 0.717) is 19.0 Å². The minimum absolute atomic E-state index is 0.00666. The summed E-state index contributed by atoms with van der Waals surface area (Å²) in [5.74, 6) is -3.81. The quantitative estimate of drug-likeness (QED) is 0.749. The van der Waals surface area contributed by atoms with E-state index in [1.165, 1.54) is 28.7 Å². The molecule has 0 spiro atoms. The van der Waals surface area contributed by atoms with Crippen molar-refractivity contribution in [1.29, 1.82) is 0 Å². The van der Waals surface area contributed by atoms with E-state index in [0.717, 1.165) is 12.5 Å². The second-order valence-electron chi connectivity index (χ2n) is 7.99. The topological polar surface area (TPSA) is 101 Å². The SMILES string of the molecule is CCC1CCN2C(=O)c3c(O)c(=O)c(C(=O)NC(C)c4ccc(F)cc4F)cn3CC2O1. The molecule has 2 aliphatic heterocycles. The first-order chi connectivity index (χ1) is 15.2. The standard InChI is InChI=1S/C22H23F2N3O5/c1-3-13-6-7-27-17(32-13)10-26-9-15(19(28)20(29)18(26)22(27)31)21(30)25-11(2)14-5-4-12(23)8-16(14)24/h4-5,8-9,11,13,17,29H,3,6-7,10H2,1-2H3,(H,25,30). The number of nitrogens with zero attached hydrogens (tertiary/aromatic N) is 2. The van der Waals surface area contributed by atoms with E-state index < -0.39 is 52.5 Å². The van der Waals surface area contributed by atoms with Gasteiger partial charge in [0.1, 0.15) is 17.2 Å². The lowest BCUT2D eigenvalue weighted by Gasteiger charge is -2.43.